The number of esters is 1. The third-order valence-corrected chi connectivity index (χ3v) is 4.91. The van der Waals surface area contributed by atoms with Crippen LogP contribution in [0.3, 0.4) is 0 Å². The number of fused-ring (bicyclic) bond motifs is 1. The molecule has 0 unspecified atom stereocenters. The highest BCUT2D eigenvalue weighted by Crippen LogP contribution is 2.50. The fourth-order valence-corrected chi connectivity index (χ4v) is 3.70. The van der Waals surface area contributed by atoms with E-state index in [0.29, 0.717) is 28.4 Å². The Morgan fingerprint density at radius 2 is 1.75 bits per heavy atom. The maximum absolute atomic E-state index is 13.7. The lowest BCUT2D eigenvalue weighted by molar-refractivity contribution is -0.139. The molecule has 2 heterocycles. The molecule has 2 aliphatic heterocycles. The molecule has 0 spiro atoms. The van der Waals surface area contributed by atoms with E-state index in [-0.39, 0.29) is 17.7 Å². The second kappa shape index (κ2) is 6.47. The molecule has 5 nitrogen and oxygen atoms in total. The molecule has 0 radical (unpaired) electrons. The highest BCUT2D eigenvalue weighted by molar-refractivity contribution is 5.97. The number of ether oxygens (including phenoxy) is 3. The van der Waals surface area contributed by atoms with Crippen molar-refractivity contribution < 1.29 is 32.2 Å². The maximum Gasteiger partial charge on any atom is 0.416 e. The van der Waals surface area contributed by atoms with Gasteiger partial charge in [-0.05, 0) is 23.3 Å². The predicted octanol–water partition coefficient (Wildman–Crippen LogP) is 4.09. The van der Waals surface area contributed by atoms with Crippen LogP contribution in [0, 0.1) is 0 Å². The van der Waals surface area contributed by atoms with E-state index >= 15 is 0 Å². The number of methoxy groups -OCH3 is 2. The number of alkyl halides is 3. The number of hydrogen-bond acceptors (Lipinski definition) is 5. The highest BCUT2D eigenvalue weighted by atomic mass is 19.4. The molecule has 0 saturated carbocycles. The molecule has 0 aromatic heterocycles. The topological polar surface area (TPSA) is 56.8 Å². The summed E-state index contributed by atoms with van der Waals surface area (Å²) in [6.07, 6.45) is -4.57. The molecule has 8 heteroatoms. The summed E-state index contributed by atoms with van der Waals surface area (Å²) in [6.45, 7) is -0.0212. The molecule has 0 bridgehead atoms. The molecular formula is C20H16F3NO4. The summed E-state index contributed by atoms with van der Waals surface area (Å²) in [6, 6.07) is 8.48. The molecule has 28 heavy (non-hydrogen) atoms. The van der Waals surface area contributed by atoms with E-state index in [1.807, 2.05) is 0 Å². The van der Waals surface area contributed by atoms with Crippen molar-refractivity contribution in [2.45, 2.75) is 12.1 Å². The Balaban J connectivity index is 2.00. The fourth-order valence-electron chi connectivity index (χ4n) is 3.70. The van der Waals surface area contributed by atoms with Crippen LogP contribution >= 0.6 is 0 Å². The van der Waals surface area contributed by atoms with Gasteiger partial charge in [-0.1, -0.05) is 18.2 Å². The largest absolute Gasteiger partial charge is 0.493 e. The molecular weight excluding hydrogens is 375 g/mol. The summed E-state index contributed by atoms with van der Waals surface area (Å²) >= 11 is 0. The summed E-state index contributed by atoms with van der Waals surface area (Å²) < 4.78 is 56.8. The van der Waals surface area contributed by atoms with Crippen molar-refractivity contribution in [1.82, 2.24) is 0 Å². The Morgan fingerprint density at radius 1 is 1.07 bits per heavy atom. The second-order valence-electron chi connectivity index (χ2n) is 6.41. The van der Waals surface area contributed by atoms with Gasteiger partial charge >= 0.3 is 12.1 Å². The third-order valence-electron chi connectivity index (χ3n) is 4.91. The van der Waals surface area contributed by atoms with E-state index in [0.717, 1.165) is 6.07 Å². The minimum absolute atomic E-state index is 0.0173. The first-order chi connectivity index (χ1) is 13.3. The highest BCUT2D eigenvalue weighted by Gasteiger charge is 2.43. The van der Waals surface area contributed by atoms with Gasteiger partial charge in [-0.15, -0.1) is 0 Å². The van der Waals surface area contributed by atoms with Crippen LogP contribution in [0.2, 0.25) is 0 Å². The first-order valence-corrected chi connectivity index (χ1v) is 8.44. The molecule has 2 aliphatic rings. The van der Waals surface area contributed by atoms with Gasteiger partial charge in [-0.25, -0.2) is 4.79 Å². The standard InChI is InChI=1S/C20H16F3NO4/c1-26-15-7-11-13(8-16(15)27-2)24-14-9-28-19(25)18(14)17(11)10-5-3-4-6-12(10)20(21,22)23/h3-8,17,24H,9H2,1-2H3/t17-/m0/s1. The second-order valence-corrected chi connectivity index (χ2v) is 6.41. The number of anilines is 1. The van der Waals surface area contributed by atoms with Gasteiger partial charge < -0.3 is 19.5 Å². The van der Waals surface area contributed by atoms with E-state index in [1.165, 1.54) is 32.4 Å². The van der Waals surface area contributed by atoms with Crippen LogP contribution in [0.1, 0.15) is 22.6 Å². The number of benzene rings is 2. The van der Waals surface area contributed by atoms with Gasteiger partial charge in [0.25, 0.3) is 0 Å². The first-order valence-electron chi connectivity index (χ1n) is 8.44. The van der Waals surface area contributed by atoms with Crippen LogP contribution in [-0.2, 0) is 15.7 Å². The summed E-state index contributed by atoms with van der Waals surface area (Å²) in [5, 5.41) is 3.09. The Morgan fingerprint density at radius 3 is 2.43 bits per heavy atom. The zero-order valence-electron chi connectivity index (χ0n) is 15.0. The summed E-state index contributed by atoms with van der Waals surface area (Å²) in [5.74, 6) is -0.803. The van der Waals surface area contributed by atoms with Crippen molar-refractivity contribution in [2.24, 2.45) is 0 Å². The normalized spacial score (nSPS) is 18.2. The lowest BCUT2D eigenvalue weighted by atomic mass is 9.79. The molecule has 4 rings (SSSR count). The molecule has 1 atom stereocenters. The van der Waals surface area contributed by atoms with E-state index < -0.39 is 23.6 Å². The van der Waals surface area contributed by atoms with Crippen molar-refractivity contribution in [3.8, 4) is 11.5 Å². The number of halogens is 3. The molecule has 146 valence electrons. The molecule has 0 amide bonds. The van der Waals surface area contributed by atoms with Gasteiger partial charge in [-0.2, -0.15) is 13.2 Å². The van der Waals surface area contributed by atoms with Crippen molar-refractivity contribution in [3.05, 3.63) is 64.4 Å². The minimum Gasteiger partial charge on any atom is -0.493 e. The summed E-state index contributed by atoms with van der Waals surface area (Å²) in [4.78, 5) is 12.4. The third kappa shape index (κ3) is 2.76. The van der Waals surface area contributed by atoms with Gasteiger partial charge in [0.2, 0.25) is 0 Å². The number of nitrogens with one attached hydrogen (secondary N) is 1. The van der Waals surface area contributed by atoms with Crippen LogP contribution in [0.5, 0.6) is 11.5 Å². The van der Waals surface area contributed by atoms with Crippen molar-refractivity contribution in [1.29, 1.82) is 0 Å². The number of carbonyl (C=O) groups excluding carboxylic acids is 1. The number of hydrogen-bond donors (Lipinski definition) is 1. The van der Waals surface area contributed by atoms with Crippen LogP contribution in [0.15, 0.2) is 47.7 Å². The smallest absolute Gasteiger partial charge is 0.416 e. The summed E-state index contributed by atoms with van der Waals surface area (Å²) in [5.41, 5.74) is 0.831. The SMILES string of the molecule is COc1cc2c(cc1OC)[C@H](c1ccccc1C(F)(F)F)C1=C(COC1=O)N2. The van der Waals surface area contributed by atoms with Gasteiger partial charge in [0.15, 0.2) is 11.5 Å². The maximum atomic E-state index is 13.7. The Labute approximate surface area is 158 Å². The van der Waals surface area contributed by atoms with Crippen LogP contribution in [-0.4, -0.2) is 26.8 Å². The molecule has 2 aromatic rings. The monoisotopic (exact) mass is 391 g/mol. The van der Waals surface area contributed by atoms with E-state index in [9.17, 15) is 18.0 Å². The first kappa shape index (κ1) is 18.2. The average molecular weight is 391 g/mol. The average Bonchev–Trinajstić information content (AvgIpc) is 3.04. The van der Waals surface area contributed by atoms with E-state index in [1.54, 1.807) is 12.1 Å². The zero-order chi connectivity index (χ0) is 20.1. The predicted molar refractivity (Wildman–Crippen MR) is 94.4 cm³/mol. The molecule has 2 aromatic carbocycles. The molecule has 0 saturated heterocycles. The van der Waals surface area contributed by atoms with Crippen LogP contribution in [0.25, 0.3) is 0 Å². The molecule has 1 N–H and O–H groups in total. The lowest BCUT2D eigenvalue weighted by Crippen LogP contribution is -2.22. The zero-order valence-corrected chi connectivity index (χ0v) is 15.0. The number of carbonyl (C=O) groups is 1. The van der Waals surface area contributed by atoms with Crippen LogP contribution in [0.4, 0.5) is 18.9 Å². The van der Waals surface area contributed by atoms with Crippen molar-refractivity contribution in [2.75, 3.05) is 26.1 Å². The quantitative estimate of drug-likeness (QED) is 0.799. The Kier molecular flexibility index (Phi) is 4.21. The lowest BCUT2D eigenvalue weighted by Gasteiger charge is -2.29. The number of cyclic esters (lactones) is 1. The molecule has 0 fully saturated rings. The fraction of sp³-hybridized carbons (Fsp3) is 0.250. The Hall–Kier alpha value is -3.16. The van der Waals surface area contributed by atoms with Crippen LogP contribution < -0.4 is 14.8 Å². The Bertz CT molecular complexity index is 997. The van der Waals surface area contributed by atoms with Gasteiger partial charge in [0.05, 0.1) is 31.1 Å². The van der Waals surface area contributed by atoms with E-state index in [4.69, 9.17) is 14.2 Å². The summed E-state index contributed by atoms with van der Waals surface area (Å²) in [7, 11) is 2.91. The number of rotatable bonds is 3. The van der Waals surface area contributed by atoms with Gasteiger partial charge in [0, 0.05) is 17.7 Å². The van der Waals surface area contributed by atoms with Crippen molar-refractivity contribution >= 4 is 11.7 Å². The van der Waals surface area contributed by atoms with Gasteiger partial charge in [0.1, 0.15) is 6.61 Å². The van der Waals surface area contributed by atoms with E-state index in [2.05, 4.69) is 5.32 Å². The minimum atomic E-state index is -4.57. The van der Waals surface area contributed by atoms with Crippen molar-refractivity contribution in [3.63, 3.8) is 0 Å². The molecule has 0 aliphatic carbocycles. The van der Waals surface area contributed by atoms with Gasteiger partial charge in [-0.3, -0.25) is 0 Å².